The predicted molar refractivity (Wildman–Crippen MR) is 65.9 cm³/mol. The lowest BCUT2D eigenvalue weighted by Gasteiger charge is -2.35. The zero-order valence-electron chi connectivity index (χ0n) is 10.1. The summed E-state index contributed by atoms with van der Waals surface area (Å²) in [5, 5.41) is 9.85. The third kappa shape index (κ3) is 3.17. The third-order valence-electron chi connectivity index (χ3n) is 3.43. The second-order valence-corrected chi connectivity index (χ2v) is 5.12. The number of likely N-dealkylation sites (tertiary alicyclic amines) is 1. The molecule has 17 heavy (non-hydrogen) atoms. The molecule has 0 amide bonds. The Hall–Kier alpha value is -1.13. The monoisotopic (exact) mass is 238 g/mol. The summed E-state index contributed by atoms with van der Waals surface area (Å²) in [4.78, 5) is 2.20. The first-order chi connectivity index (χ1) is 7.96. The van der Waals surface area contributed by atoms with Gasteiger partial charge in [-0.05, 0) is 43.5 Å². The number of anilines is 1. The number of nitrogens with two attached hydrogens (primary N) is 1. The lowest BCUT2D eigenvalue weighted by atomic mass is 9.93. The van der Waals surface area contributed by atoms with Crippen molar-refractivity contribution in [2.45, 2.75) is 31.9 Å². The Kier molecular flexibility index (Phi) is 3.35. The van der Waals surface area contributed by atoms with E-state index in [1.54, 1.807) is 6.07 Å². The quantitative estimate of drug-likeness (QED) is 0.772. The van der Waals surface area contributed by atoms with Crippen molar-refractivity contribution in [2.75, 3.05) is 18.8 Å². The first-order valence-electron chi connectivity index (χ1n) is 5.95. The summed E-state index contributed by atoms with van der Waals surface area (Å²) in [5.41, 5.74) is 6.72. The van der Waals surface area contributed by atoms with Crippen molar-refractivity contribution in [1.29, 1.82) is 0 Å². The summed E-state index contributed by atoms with van der Waals surface area (Å²) in [7, 11) is 0. The van der Waals surface area contributed by atoms with Crippen LogP contribution >= 0.6 is 0 Å². The van der Waals surface area contributed by atoms with Crippen molar-refractivity contribution in [3.05, 3.63) is 29.6 Å². The number of halogens is 1. The van der Waals surface area contributed by atoms with Crippen LogP contribution in [0, 0.1) is 5.82 Å². The van der Waals surface area contributed by atoms with Crippen LogP contribution in [0.15, 0.2) is 18.2 Å². The molecule has 1 aromatic rings. The van der Waals surface area contributed by atoms with Gasteiger partial charge in [-0.3, -0.25) is 4.90 Å². The van der Waals surface area contributed by atoms with Crippen LogP contribution in [0.4, 0.5) is 10.1 Å². The average Bonchev–Trinajstić information content (AvgIpc) is 2.26. The van der Waals surface area contributed by atoms with E-state index in [1.165, 1.54) is 12.1 Å². The summed E-state index contributed by atoms with van der Waals surface area (Å²) >= 11 is 0. The highest BCUT2D eigenvalue weighted by Gasteiger charge is 2.27. The van der Waals surface area contributed by atoms with Crippen molar-refractivity contribution in [2.24, 2.45) is 0 Å². The van der Waals surface area contributed by atoms with Crippen molar-refractivity contribution in [3.63, 3.8) is 0 Å². The predicted octanol–water partition coefficient (Wildman–Crippen LogP) is 1.75. The fraction of sp³-hybridized carbons (Fsp3) is 0.538. The molecule has 2 rings (SSSR count). The summed E-state index contributed by atoms with van der Waals surface area (Å²) in [6, 6.07) is 4.46. The molecule has 0 atom stereocenters. The van der Waals surface area contributed by atoms with Gasteiger partial charge in [0, 0.05) is 25.3 Å². The van der Waals surface area contributed by atoms with Crippen LogP contribution in [0.25, 0.3) is 0 Å². The van der Waals surface area contributed by atoms with E-state index in [1.807, 2.05) is 6.92 Å². The van der Waals surface area contributed by atoms with Gasteiger partial charge in [0.25, 0.3) is 0 Å². The first-order valence-corrected chi connectivity index (χ1v) is 5.95. The molecule has 0 unspecified atom stereocenters. The lowest BCUT2D eigenvalue weighted by molar-refractivity contribution is -0.00726. The number of hydrogen-bond acceptors (Lipinski definition) is 3. The van der Waals surface area contributed by atoms with E-state index in [2.05, 4.69) is 4.90 Å². The maximum Gasteiger partial charge on any atom is 0.123 e. The van der Waals surface area contributed by atoms with E-state index in [-0.39, 0.29) is 5.82 Å². The molecule has 0 aliphatic carbocycles. The van der Waals surface area contributed by atoms with Gasteiger partial charge >= 0.3 is 0 Å². The Balaban J connectivity index is 2.00. The fourth-order valence-corrected chi connectivity index (χ4v) is 2.15. The van der Waals surface area contributed by atoms with Crippen LogP contribution in [0.2, 0.25) is 0 Å². The van der Waals surface area contributed by atoms with Crippen molar-refractivity contribution >= 4 is 5.69 Å². The van der Waals surface area contributed by atoms with Gasteiger partial charge in [-0.2, -0.15) is 0 Å². The number of nitrogen functional groups attached to an aromatic ring is 1. The summed E-state index contributed by atoms with van der Waals surface area (Å²) in [6.07, 6.45) is 1.50. The van der Waals surface area contributed by atoms with Gasteiger partial charge in [-0.15, -0.1) is 0 Å². The highest BCUT2D eigenvalue weighted by atomic mass is 19.1. The van der Waals surface area contributed by atoms with E-state index >= 15 is 0 Å². The molecule has 3 nitrogen and oxygen atoms in total. The molecule has 1 fully saturated rings. The molecule has 1 heterocycles. The Bertz CT molecular complexity index is 396. The molecule has 1 aromatic carbocycles. The first kappa shape index (κ1) is 12.3. The molecule has 1 aliphatic rings. The number of aliphatic hydroxyl groups is 1. The molecule has 3 N–H and O–H groups in total. The smallest absolute Gasteiger partial charge is 0.123 e. The summed E-state index contributed by atoms with van der Waals surface area (Å²) < 4.78 is 13.1. The van der Waals surface area contributed by atoms with Crippen LogP contribution in [0.1, 0.15) is 25.3 Å². The topological polar surface area (TPSA) is 49.5 Å². The van der Waals surface area contributed by atoms with Crippen LogP contribution in [-0.4, -0.2) is 28.7 Å². The average molecular weight is 238 g/mol. The normalized spacial score (nSPS) is 20.4. The number of benzene rings is 1. The Morgan fingerprint density at radius 1 is 1.41 bits per heavy atom. The van der Waals surface area contributed by atoms with Gasteiger partial charge in [0.05, 0.1) is 5.60 Å². The molecule has 4 heteroatoms. The van der Waals surface area contributed by atoms with E-state index < -0.39 is 5.60 Å². The molecule has 0 bridgehead atoms. The summed E-state index contributed by atoms with van der Waals surface area (Å²) in [6.45, 7) is 4.16. The van der Waals surface area contributed by atoms with E-state index in [9.17, 15) is 9.50 Å². The standard InChI is InChI=1S/C13H19FN2O/c1-13(17)4-6-16(7-5-13)9-10-8-11(14)2-3-12(10)15/h2-3,8,17H,4-7,9,15H2,1H3. The highest BCUT2D eigenvalue weighted by Crippen LogP contribution is 2.24. The fourth-order valence-electron chi connectivity index (χ4n) is 2.15. The molecular formula is C13H19FN2O. The van der Waals surface area contributed by atoms with Gasteiger partial charge in [-0.25, -0.2) is 4.39 Å². The maximum atomic E-state index is 13.1. The second kappa shape index (κ2) is 4.63. The zero-order valence-corrected chi connectivity index (χ0v) is 10.1. The Morgan fingerprint density at radius 3 is 2.71 bits per heavy atom. The third-order valence-corrected chi connectivity index (χ3v) is 3.43. The maximum absolute atomic E-state index is 13.1. The zero-order chi connectivity index (χ0) is 12.5. The van der Waals surface area contributed by atoms with Crippen molar-refractivity contribution in [1.82, 2.24) is 4.90 Å². The van der Waals surface area contributed by atoms with Crippen molar-refractivity contribution < 1.29 is 9.50 Å². The van der Waals surface area contributed by atoms with Crippen LogP contribution in [0.3, 0.4) is 0 Å². The molecular weight excluding hydrogens is 219 g/mol. The highest BCUT2D eigenvalue weighted by molar-refractivity contribution is 5.46. The van der Waals surface area contributed by atoms with Crippen molar-refractivity contribution in [3.8, 4) is 0 Å². The molecule has 1 aliphatic heterocycles. The van der Waals surface area contributed by atoms with Gasteiger partial charge in [0.1, 0.15) is 5.82 Å². The molecule has 0 aromatic heterocycles. The molecule has 1 saturated heterocycles. The Labute approximate surface area is 101 Å². The minimum absolute atomic E-state index is 0.252. The lowest BCUT2D eigenvalue weighted by Crippen LogP contribution is -2.42. The SMILES string of the molecule is CC1(O)CCN(Cc2cc(F)ccc2N)CC1. The van der Waals surface area contributed by atoms with Gasteiger partial charge < -0.3 is 10.8 Å². The Morgan fingerprint density at radius 2 is 2.06 bits per heavy atom. The number of piperidine rings is 1. The van der Waals surface area contributed by atoms with Gasteiger partial charge in [0.15, 0.2) is 0 Å². The van der Waals surface area contributed by atoms with Crippen LogP contribution in [-0.2, 0) is 6.54 Å². The second-order valence-electron chi connectivity index (χ2n) is 5.12. The number of hydrogen-bond donors (Lipinski definition) is 2. The largest absolute Gasteiger partial charge is 0.398 e. The minimum Gasteiger partial charge on any atom is -0.398 e. The van der Waals surface area contributed by atoms with Crippen LogP contribution in [0.5, 0.6) is 0 Å². The molecule has 0 radical (unpaired) electrons. The van der Waals surface area contributed by atoms with Gasteiger partial charge in [0.2, 0.25) is 0 Å². The number of nitrogens with zero attached hydrogens (tertiary/aromatic N) is 1. The van der Waals surface area contributed by atoms with Gasteiger partial charge in [-0.1, -0.05) is 0 Å². The molecule has 0 saturated carbocycles. The molecule has 0 spiro atoms. The van der Waals surface area contributed by atoms with E-state index in [0.29, 0.717) is 12.2 Å². The van der Waals surface area contributed by atoms with Crippen LogP contribution < -0.4 is 5.73 Å². The minimum atomic E-state index is -0.552. The number of rotatable bonds is 2. The molecule has 94 valence electrons. The summed E-state index contributed by atoms with van der Waals surface area (Å²) in [5.74, 6) is -0.252. The van der Waals surface area contributed by atoms with E-state index in [0.717, 1.165) is 31.5 Å². The van der Waals surface area contributed by atoms with E-state index in [4.69, 9.17) is 5.73 Å².